The maximum Gasteiger partial charge on any atom is 0.167 e. The van der Waals surface area contributed by atoms with Crippen molar-refractivity contribution in [2.75, 3.05) is 0 Å². The Morgan fingerprint density at radius 1 is 0.453 bits per heavy atom. The molecule has 5 heteroatoms. The molecule has 3 aromatic heterocycles. The average Bonchev–Trinajstić information content (AvgIpc) is 3.82. The van der Waals surface area contributed by atoms with Crippen molar-refractivity contribution in [3.63, 3.8) is 0 Å². The summed E-state index contributed by atoms with van der Waals surface area (Å²) in [5.41, 5.74) is 13.0. The Kier molecular flexibility index (Phi) is 6.23. The van der Waals surface area contributed by atoms with Gasteiger partial charge in [0.2, 0.25) is 0 Å². The Balaban J connectivity index is 1.12. The zero-order valence-corrected chi connectivity index (χ0v) is 29.2. The highest BCUT2D eigenvalue weighted by Gasteiger charge is 2.36. The zero-order chi connectivity index (χ0) is 35.3. The predicted molar refractivity (Wildman–Crippen MR) is 215 cm³/mol. The van der Waals surface area contributed by atoms with Gasteiger partial charge in [0.25, 0.3) is 0 Å². The van der Waals surface area contributed by atoms with Crippen LogP contribution in [0.2, 0.25) is 0 Å². The molecular formula is C48H32N4O. The van der Waals surface area contributed by atoms with Gasteiger partial charge in [-0.05, 0) is 64.7 Å². The lowest BCUT2D eigenvalue weighted by Crippen LogP contribution is -2.14. The summed E-state index contributed by atoms with van der Waals surface area (Å²) in [6.45, 7) is 4.69. The van der Waals surface area contributed by atoms with Crippen molar-refractivity contribution in [3.05, 3.63) is 169 Å². The van der Waals surface area contributed by atoms with E-state index in [0.29, 0.717) is 17.5 Å². The van der Waals surface area contributed by atoms with Gasteiger partial charge >= 0.3 is 0 Å². The summed E-state index contributed by atoms with van der Waals surface area (Å²) in [7, 11) is 0. The first-order valence-electron chi connectivity index (χ1n) is 18.0. The monoisotopic (exact) mass is 680 g/mol. The molecule has 0 spiro atoms. The molecule has 5 nitrogen and oxygen atoms in total. The number of furan rings is 1. The highest BCUT2D eigenvalue weighted by Crippen LogP contribution is 2.51. The zero-order valence-electron chi connectivity index (χ0n) is 29.2. The van der Waals surface area contributed by atoms with Crippen LogP contribution in [0.1, 0.15) is 25.0 Å². The lowest BCUT2D eigenvalue weighted by atomic mass is 9.82. The van der Waals surface area contributed by atoms with Crippen LogP contribution in [0.5, 0.6) is 0 Å². The van der Waals surface area contributed by atoms with E-state index < -0.39 is 0 Å². The summed E-state index contributed by atoms with van der Waals surface area (Å²) in [5, 5.41) is 4.56. The van der Waals surface area contributed by atoms with Crippen molar-refractivity contribution in [1.82, 2.24) is 19.5 Å². The quantitative estimate of drug-likeness (QED) is 0.186. The topological polar surface area (TPSA) is 56.7 Å². The van der Waals surface area contributed by atoms with E-state index in [1.165, 1.54) is 44.1 Å². The summed E-state index contributed by atoms with van der Waals surface area (Å²) in [5.74, 6) is 1.81. The van der Waals surface area contributed by atoms with E-state index in [-0.39, 0.29) is 5.41 Å². The third-order valence-corrected chi connectivity index (χ3v) is 11.1. The van der Waals surface area contributed by atoms with Gasteiger partial charge in [-0.25, -0.2) is 15.0 Å². The van der Waals surface area contributed by atoms with Crippen molar-refractivity contribution in [1.29, 1.82) is 0 Å². The minimum atomic E-state index is -0.0715. The van der Waals surface area contributed by atoms with Crippen LogP contribution < -0.4 is 0 Å². The molecule has 0 aliphatic heterocycles. The summed E-state index contributed by atoms with van der Waals surface area (Å²) >= 11 is 0. The van der Waals surface area contributed by atoms with Crippen LogP contribution in [0.15, 0.2) is 162 Å². The van der Waals surface area contributed by atoms with Crippen molar-refractivity contribution in [2.24, 2.45) is 0 Å². The summed E-state index contributed by atoms with van der Waals surface area (Å²) in [4.78, 5) is 14.9. The van der Waals surface area contributed by atoms with Crippen LogP contribution >= 0.6 is 0 Å². The molecule has 11 rings (SSSR count). The van der Waals surface area contributed by atoms with Crippen LogP contribution in [-0.2, 0) is 5.41 Å². The smallest absolute Gasteiger partial charge is 0.167 e. The number of aromatic nitrogens is 4. The molecule has 53 heavy (non-hydrogen) atoms. The molecule has 0 fully saturated rings. The third-order valence-electron chi connectivity index (χ3n) is 11.1. The molecular weight excluding hydrogens is 649 g/mol. The number of hydrogen-bond acceptors (Lipinski definition) is 4. The molecule has 0 amide bonds. The van der Waals surface area contributed by atoms with Crippen LogP contribution in [-0.4, -0.2) is 19.5 Å². The summed E-state index contributed by atoms with van der Waals surface area (Å²) in [6.07, 6.45) is 0. The Bertz CT molecular complexity index is 3020. The van der Waals surface area contributed by atoms with Crippen molar-refractivity contribution >= 4 is 43.7 Å². The van der Waals surface area contributed by atoms with Gasteiger partial charge in [-0.3, -0.25) is 0 Å². The van der Waals surface area contributed by atoms with Gasteiger partial charge in [0.1, 0.15) is 11.2 Å². The summed E-state index contributed by atoms with van der Waals surface area (Å²) in [6, 6.07) is 55.3. The second kappa shape index (κ2) is 11.1. The fourth-order valence-electron chi connectivity index (χ4n) is 8.47. The van der Waals surface area contributed by atoms with Gasteiger partial charge in [-0.1, -0.05) is 129 Å². The molecule has 0 saturated heterocycles. The summed E-state index contributed by atoms with van der Waals surface area (Å²) < 4.78 is 9.10. The van der Waals surface area contributed by atoms with E-state index >= 15 is 0 Å². The van der Waals surface area contributed by atoms with E-state index in [4.69, 9.17) is 19.4 Å². The largest absolute Gasteiger partial charge is 0.455 e. The number of fused-ring (bicyclic) bond motifs is 9. The lowest BCUT2D eigenvalue weighted by molar-refractivity contribution is 0.661. The maximum absolute atomic E-state index is 6.69. The van der Waals surface area contributed by atoms with Crippen LogP contribution in [0.25, 0.3) is 94.7 Å². The van der Waals surface area contributed by atoms with Gasteiger partial charge in [-0.2, -0.15) is 0 Å². The fourth-order valence-corrected chi connectivity index (χ4v) is 8.47. The number of para-hydroxylation sites is 2. The van der Waals surface area contributed by atoms with E-state index in [0.717, 1.165) is 44.3 Å². The molecule has 0 N–H and O–H groups in total. The first-order chi connectivity index (χ1) is 26.0. The predicted octanol–water partition coefficient (Wildman–Crippen LogP) is 12.2. The molecule has 0 unspecified atom stereocenters. The fraction of sp³-hybridized carbons (Fsp3) is 0.0625. The Morgan fingerprint density at radius 3 is 1.87 bits per heavy atom. The number of benzene rings is 7. The lowest BCUT2D eigenvalue weighted by Gasteiger charge is -2.21. The van der Waals surface area contributed by atoms with Crippen LogP contribution in [0, 0.1) is 0 Å². The first-order valence-corrected chi connectivity index (χ1v) is 18.0. The third kappa shape index (κ3) is 4.40. The number of rotatable bonds is 4. The molecule has 0 bridgehead atoms. The number of hydrogen-bond donors (Lipinski definition) is 0. The Morgan fingerprint density at radius 2 is 1.09 bits per heavy atom. The Labute approximate surface area is 305 Å². The molecule has 0 atom stereocenters. The van der Waals surface area contributed by atoms with Gasteiger partial charge in [0.05, 0.1) is 16.6 Å². The molecule has 0 saturated carbocycles. The van der Waals surface area contributed by atoms with Crippen molar-refractivity contribution in [3.8, 4) is 51.0 Å². The average molecular weight is 681 g/mol. The standard InChI is InChI=1S/C48H32N4O/c1-48(2)39-22-11-9-18-32(39)36-28-42-37(27-40(36)48)33-19-10-12-23-41(33)52(42)31-24-25-43-38(26-31)34-20-13-21-35(44(34)53-43)47-50-45(29-14-5-3-6-15-29)49-46(51-47)30-16-7-4-8-17-30/h3-28H,1-2H3. The van der Waals surface area contributed by atoms with E-state index in [2.05, 4.69) is 109 Å². The molecule has 10 aromatic rings. The first kappa shape index (κ1) is 29.8. The van der Waals surface area contributed by atoms with Gasteiger partial charge in [0, 0.05) is 43.8 Å². The minimum Gasteiger partial charge on any atom is -0.455 e. The molecule has 1 aliphatic carbocycles. The second-order valence-corrected chi connectivity index (χ2v) is 14.4. The number of nitrogens with zero attached hydrogens (tertiary/aromatic N) is 4. The SMILES string of the molecule is CC1(C)c2ccccc2-c2cc3c(cc21)c1ccccc1n3-c1ccc2oc3c(-c4nc(-c5ccccc5)nc(-c5ccccc5)n4)cccc3c2c1. The van der Waals surface area contributed by atoms with Gasteiger partial charge < -0.3 is 8.98 Å². The second-order valence-electron chi connectivity index (χ2n) is 14.4. The highest BCUT2D eigenvalue weighted by atomic mass is 16.3. The molecule has 250 valence electrons. The van der Waals surface area contributed by atoms with E-state index in [9.17, 15) is 0 Å². The highest BCUT2D eigenvalue weighted by molar-refractivity contribution is 6.13. The van der Waals surface area contributed by atoms with E-state index in [1.807, 2.05) is 66.7 Å². The molecule has 7 aromatic carbocycles. The molecule has 3 heterocycles. The Hall–Kier alpha value is -6.85. The normalized spacial score (nSPS) is 13.2. The molecule has 0 radical (unpaired) electrons. The van der Waals surface area contributed by atoms with Gasteiger partial charge in [0.15, 0.2) is 17.5 Å². The van der Waals surface area contributed by atoms with Crippen LogP contribution in [0.3, 0.4) is 0 Å². The van der Waals surface area contributed by atoms with Crippen molar-refractivity contribution in [2.45, 2.75) is 19.3 Å². The molecule has 1 aliphatic rings. The minimum absolute atomic E-state index is 0.0715. The van der Waals surface area contributed by atoms with Crippen molar-refractivity contribution < 1.29 is 4.42 Å². The van der Waals surface area contributed by atoms with Gasteiger partial charge in [-0.15, -0.1) is 0 Å². The maximum atomic E-state index is 6.69. The van der Waals surface area contributed by atoms with Crippen LogP contribution in [0.4, 0.5) is 0 Å². The van der Waals surface area contributed by atoms with E-state index in [1.54, 1.807) is 0 Å².